The second-order valence-electron chi connectivity index (χ2n) is 5.95. The first-order valence-corrected chi connectivity index (χ1v) is 8.51. The largest absolute Gasteiger partial charge is 0.359 e. The lowest BCUT2D eigenvalue weighted by Gasteiger charge is -2.18. The van der Waals surface area contributed by atoms with Gasteiger partial charge in [0.05, 0.1) is 6.04 Å². The number of hydrogen-bond donors (Lipinski definition) is 3. The van der Waals surface area contributed by atoms with Crippen LogP contribution in [0.25, 0.3) is 0 Å². The van der Waals surface area contributed by atoms with Crippen molar-refractivity contribution in [3.63, 3.8) is 0 Å². The van der Waals surface area contributed by atoms with Gasteiger partial charge in [0.25, 0.3) is 5.91 Å². The second kappa shape index (κ2) is 8.99. The SMILES string of the molecule is C=C(C)CNC(=S)NC(C)c1cccc(NC(=O)c2ccccc2)c1. The van der Waals surface area contributed by atoms with Crippen LogP contribution in [0.1, 0.15) is 35.8 Å². The molecule has 0 fully saturated rings. The van der Waals surface area contributed by atoms with Crippen LogP contribution in [0.5, 0.6) is 0 Å². The lowest BCUT2D eigenvalue weighted by atomic mass is 10.1. The average molecular weight is 353 g/mol. The van der Waals surface area contributed by atoms with Crippen molar-refractivity contribution in [1.82, 2.24) is 10.6 Å². The summed E-state index contributed by atoms with van der Waals surface area (Å²) in [5.41, 5.74) is 3.43. The average Bonchev–Trinajstić information content (AvgIpc) is 2.61. The Kier molecular flexibility index (Phi) is 6.71. The highest BCUT2D eigenvalue weighted by atomic mass is 32.1. The summed E-state index contributed by atoms with van der Waals surface area (Å²) in [5, 5.41) is 9.83. The third kappa shape index (κ3) is 6.04. The van der Waals surface area contributed by atoms with Gasteiger partial charge in [-0.25, -0.2) is 0 Å². The zero-order valence-electron chi connectivity index (χ0n) is 14.5. The molecule has 2 aromatic rings. The van der Waals surface area contributed by atoms with Crippen LogP contribution < -0.4 is 16.0 Å². The Labute approximate surface area is 154 Å². The maximum atomic E-state index is 12.3. The molecule has 130 valence electrons. The van der Waals surface area contributed by atoms with Crippen LogP contribution >= 0.6 is 12.2 Å². The minimum Gasteiger partial charge on any atom is -0.359 e. The van der Waals surface area contributed by atoms with E-state index in [4.69, 9.17) is 12.2 Å². The highest BCUT2D eigenvalue weighted by molar-refractivity contribution is 7.80. The van der Waals surface area contributed by atoms with Gasteiger partial charge in [-0.1, -0.05) is 42.5 Å². The van der Waals surface area contributed by atoms with Crippen molar-refractivity contribution in [3.05, 3.63) is 77.9 Å². The number of amides is 1. The summed E-state index contributed by atoms with van der Waals surface area (Å²) in [5.74, 6) is -0.128. The quantitative estimate of drug-likeness (QED) is 0.542. The molecule has 5 heteroatoms. The Balaban J connectivity index is 1.99. The Bertz CT molecular complexity index is 759. The first kappa shape index (κ1) is 18.7. The van der Waals surface area contributed by atoms with Crippen molar-refractivity contribution >= 4 is 28.9 Å². The number of hydrogen-bond acceptors (Lipinski definition) is 2. The van der Waals surface area contributed by atoms with E-state index in [-0.39, 0.29) is 11.9 Å². The van der Waals surface area contributed by atoms with Crippen molar-refractivity contribution in [2.45, 2.75) is 19.9 Å². The summed E-state index contributed by atoms with van der Waals surface area (Å²) in [4.78, 5) is 12.3. The molecule has 0 aromatic heterocycles. The van der Waals surface area contributed by atoms with E-state index < -0.39 is 0 Å². The monoisotopic (exact) mass is 353 g/mol. The number of anilines is 1. The first-order chi connectivity index (χ1) is 12.0. The summed E-state index contributed by atoms with van der Waals surface area (Å²) >= 11 is 5.28. The molecule has 1 atom stereocenters. The topological polar surface area (TPSA) is 53.2 Å². The molecule has 0 aliphatic rings. The fourth-order valence-corrected chi connectivity index (χ4v) is 2.49. The van der Waals surface area contributed by atoms with E-state index in [2.05, 4.69) is 22.5 Å². The number of carbonyl (C=O) groups excluding carboxylic acids is 1. The Morgan fingerprint density at radius 1 is 1.16 bits per heavy atom. The molecule has 2 rings (SSSR count). The number of thiocarbonyl (C=S) groups is 1. The van der Waals surface area contributed by atoms with Gasteiger partial charge in [0.1, 0.15) is 0 Å². The molecule has 0 aliphatic heterocycles. The van der Waals surface area contributed by atoms with Crippen LogP contribution in [0.4, 0.5) is 5.69 Å². The standard InChI is InChI=1S/C20H23N3OS/c1-14(2)13-21-20(25)22-15(3)17-10-7-11-18(12-17)23-19(24)16-8-5-4-6-9-16/h4-12,15H,1,13H2,2-3H3,(H,23,24)(H2,21,22,25). The van der Waals surface area contributed by atoms with Gasteiger partial charge >= 0.3 is 0 Å². The summed E-state index contributed by atoms with van der Waals surface area (Å²) in [6, 6.07) is 16.9. The number of rotatable bonds is 6. The van der Waals surface area contributed by atoms with E-state index in [9.17, 15) is 4.79 Å². The first-order valence-electron chi connectivity index (χ1n) is 8.11. The Hall–Kier alpha value is -2.66. The normalized spacial score (nSPS) is 11.3. The van der Waals surface area contributed by atoms with Crippen molar-refractivity contribution in [2.75, 3.05) is 11.9 Å². The predicted molar refractivity (Wildman–Crippen MR) is 108 cm³/mol. The second-order valence-corrected chi connectivity index (χ2v) is 6.36. The van der Waals surface area contributed by atoms with Crippen LogP contribution in [-0.2, 0) is 0 Å². The van der Waals surface area contributed by atoms with Crippen molar-refractivity contribution < 1.29 is 4.79 Å². The number of benzene rings is 2. The molecule has 2 aromatic carbocycles. The Morgan fingerprint density at radius 3 is 2.56 bits per heavy atom. The van der Waals surface area contributed by atoms with E-state index >= 15 is 0 Å². The zero-order valence-corrected chi connectivity index (χ0v) is 15.3. The minimum atomic E-state index is -0.128. The van der Waals surface area contributed by atoms with Crippen LogP contribution in [0, 0.1) is 0 Å². The number of nitrogens with one attached hydrogen (secondary N) is 3. The molecule has 0 aliphatic carbocycles. The van der Waals surface area contributed by atoms with E-state index in [1.54, 1.807) is 12.1 Å². The highest BCUT2D eigenvalue weighted by Crippen LogP contribution is 2.18. The molecule has 1 amide bonds. The van der Waals surface area contributed by atoms with Crippen molar-refractivity contribution in [3.8, 4) is 0 Å². The molecule has 0 heterocycles. The van der Waals surface area contributed by atoms with Gasteiger partial charge in [-0.05, 0) is 55.9 Å². The van der Waals surface area contributed by atoms with Crippen LogP contribution in [0.3, 0.4) is 0 Å². The molecule has 0 saturated carbocycles. The Morgan fingerprint density at radius 2 is 1.88 bits per heavy atom. The van der Waals surface area contributed by atoms with Crippen LogP contribution in [-0.4, -0.2) is 17.6 Å². The van der Waals surface area contributed by atoms with Gasteiger partial charge in [-0.3, -0.25) is 4.79 Å². The molecule has 0 radical (unpaired) electrons. The summed E-state index contributed by atoms with van der Waals surface area (Å²) in [7, 11) is 0. The molecule has 25 heavy (non-hydrogen) atoms. The minimum absolute atomic E-state index is 0.0127. The molecule has 3 N–H and O–H groups in total. The van der Waals surface area contributed by atoms with E-state index in [0.717, 1.165) is 16.8 Å². The lowest BCUT2D eigenvalue weighted by Crippen LogP contribution is -2.37. The lowest BCUT2D eigenvalue weighted by molar-refractivity contribution is 0.102. The van der Waals surface area contributed by atoms with Gasteiger partial charge in [0, 0.05) is 17.8 Å². The van der Waals surface area contributed by atoms with Gasteiger partial charge < -0.3 is 16.0 Å². The molecule has 0 bridgehead atoms. The van der Waals surface area contributed by atoms with Gasteiger partial charge in [0.15, 0.2) is 5.11 Å². The van der Waals surface area contributed by atoms with Gasteiger partial charge in [-0.2, -0.15) is 0 Å². The fourth-order valence-electron chi connectivity index (χ4n) is 2.24. The van der Waals surface area contributed by atoms with Gasteiger partial charge in [0.2, 0.25) is 0 Å². The van der Waals surface area contributed by atoms with Crippen molar-refractivity contribution in [1.29, 1.82) is 0 Å². The van der Waals surface area contributed by atoms with E-state index in [1.165, 1.54) is 0 Å². The smallest absolute Gasteiger partial charge is 0.255 e. The van der Waals surface area contributed by atoms with Crippen LogP contribution in [0.15, 0.2) is 66.7 Å². The molecular formula is C20H23N3OS. The molecule has 1 unspecified atom stereocenters. The predicted octanol–water partition coefficient (Wildman–Crippen LogP) is 4.04. The van der Waals surface area contributed by atoms with Gasteiger partial charge in [-0.15, -0.1) is 0 Å². The maximum Gasteiger partial charge on any atom is 0.255 e. The fraction of sp³-hybridized carbons (Fsp3) is 0.200. The van der Waals surface area contributed by atoms with Crippen LogP contribution in [0.2, 0.25) is 0 Å². The molecule has 0 spiro atoms. The number of carbonyl (C=O) groups is 1. The summed E-state index contributed by atoms with van der Waals surface area (Å²) in [6.07, 6.45) is 0. The third-order valence-corrected chi connectivity index (χ3v) is 3.84. The van der Waals surface area contributed by atoms with E-state index in [0.29, 0.717) is 17.2 Å². The van der Waals surface area contributed by atoms with E-state index in [1.807, 2.05) is 56.3 Å². The molecular weight excluding hydrogens is 330 g/mol. The maximum absolute atomic E-state index is 12.3. The summed E-state index contributed by atoms with van der Waals surface area (Å²) < 4.78 is 0. The molecule has 0 saturated heterocycles. The molecule has 4 nitrogen and oxygen atoms in total. The third-order valence-electron chi connectivity index (χ3n) is 3.58. The zero-order chi connectivity index (χ0) is 18.2. The highest BCUT2D eigenvalue weighted by Gasteiger charge is 2.09. The summed E-state index contributed by atoms with van der Waals surface area (Å²) in [6.45, 7) is 8.45. The van der Waals surface area contributed by atoms with Crippen molar-refractivity contribution in [2.24, 2.45) is 0 Å².